The van der Waals surface area contributed by atoms with Crippen LogP contribution in [-0.2, 0) is 13.0 Å². The highest BCUT2D eigenvalue weighted by atomic mass is 15.1. The smallest absolute Gasteiger partial charge is 0.110 e. The molecule has 0 aromatic carbocycles. The molecule has 3 heteroatoms. The van der Waals surface area contributed by atoms with Crippen molar-refractivity contribution in [2.24, 2.45) is 11.8 Å². The second-order valence-electron chi connectivity index (χ2n) is 5.75. The Morgan fingerprint density at radius 3 is 2.72 bits per heavy atom. The Morgan fingerprint density at radius 2 is 2.11 bits per heavy atom. The molecule has 1 aromatic heterocycles. The van der Waals surface area contributed by atoms with Crippen LogP contribution in [0.2, 0.25) is 0 Å². The number of hydrogen-bond acceptors (Lipinski definition) is 2. The highest BCUT2D eigenvalue weighted by Gasteiger charge is 2.26. The monoisotopic (exact) mass is 249 g/mol. The fourth-order valence-corrected chi connectivity index (χ4v) is 3.21. The van der Waals surface area contributed by atoms with Gasteiger partial charge in [-0.05, 0) is 38.6 Å². The summed E-state index contributed by atoms with van der Waals surface area (Å²) in [5.74, 6) is 2.99. The molecule has 1 aromatic rings. The first-order chi connectivity index (χ1) is 8.74. The Hall–Kier alpha value is -0.830. The van der Waals surface area contributed by atoms with Crippen LogP contribution in [-0.4, -0.2) is 22.6 Å². The van der Waals surface area contributed by atoms with Gasteiger partial charge >= 0.3 is 0 Å². The number of aromatic nitrogens is 2. The van der Waals surface area contributed by atoms with E-state index in [1.54, 1.807) is 0 Å². The first kappa shape index (κ1) is 13.6. The molecule has 0 radical (unpaired) electrons. The standard InChI is InChI=1S/C15H27N3/c1-4-18-10-9-17-15(18)11-14(16-3)13-7-5-12(2)6-8-13/h9-10,12-14,16H,4-8,11H2,1-3H3. The van der Waals surface area contributed by atoms with Crippen LogP contribution in [0, 0.1) is 11.8 Å². The first-order valence-corrected chi connectivity index (χ1v) is 7.41. The number of aryl methyl sites for hydroxylation is 1. The van der Waals surface area contributed by atoms with Gasteiger partial charge in [0.2, 0.25) is 0 Å². The normalized spacial score (nSPS) is 26.2. The maximum Gasteiger partial charge on any atom is 0.110 e. The van der Waals surface area contributed by atoms with Gasteiger partial charge in [0.1, 0.15) is 5.82 Å². The summed E-state index contributed by atoms with van der Waals surface area (Å²) in [6.45, 7) is 5.59. The molecule has 3 nitrogen and oxygen atoms in total. The predicted octanol–water partition coefficient (Wildman–Crippen LogP) is 2.86. The van der Waals surface area contributed by atoms with Crippen LogP contribution in [0.25, 0.3) is 0 Å². The number of hydrogen-bond donors (Lipinski definition) is 1. The summed E-state index contributed by atoms with van der Waals surface area (Å²) in [7, 11) is 2.10. The lowest BCUT2D eigenvalue weighted by atomic mass is 9.78. The summed E-state index contributed by atoms with van der Waals surface area (Å²) in [5.41, 5.74) is 0. The van der Waals surface area contributed by atoms with E-state index in [0.29, 0.717) is 6.04 Å². The number of nitrogens with zero attached hydrogens (tertiary/aromatic N) is 2. The fraction of sp³-hybridized carbons (Fsp3) is 0.800. The van der Waals surface area contributed by atoms with E-state index >= 15 is 0 Å². The van der Waals surface area contributed by atoms with Gasteiger partial charge in [-0.2, -0.15) is 0 Å². The zero-order valence-electron chi connectivity index (χ0n) is 12.0. The van der Waals surface area contributed by atoms with E-state index in [1.807, 2.05) is 6.20 Å². The van der Waals surface area contributed by atoms with Gasteiger partial charge in [-0.15, -0.1) is 0 Å². The van der Waals surface area contributed by atoms with E-state index in [9.17, 15) is 0 Å². The molecule has 0 bridgehead atoms. The fourth-order valence-electron chi connectivity index (χ4n) is 3.21. The molecular formula is C15H27N3. The summed E-state index contributed by atoms with van der Waals surface area (Å²) in [6.07, 6.45) is 10.6. The summed E-state index contributed by atoms with van der Waals surface area (Å²) >= 11 is 0. The van der Waals surface area contributed by atoms with Crippen molar-refractivity contribution in [2.45, 2.75) is 58.5 Å². The summed E-state index contributed by atoms with van der Waals surface area (Å²) < 4.78 is 2.26. The Labute approximate surface area is 111 Å². The number of imidazole rings is 1. The highest BCUT2D eigenvalue weighted by Crippen LogP contribution is 2.31. The maximum atomic E-state index is 4.51. The lowest BCUT2D eigenvalue weighted by Crippen LogP contribution is -2.38. The zero-order chi connectivity index (χ0) is 13.0. The molecule has 102 valence electrons. The van der Waals surface area contributed by atoms with E-state index in [0.717, 1.165) is 24.8 Å². The average molecular weight is 249 g/mol. The van der Waals surface area contributed by atoms with Crippen LogP contribution in [0.15, 0.2) is 12.4 Å². The van der Waals surface area contributed by atoms with E-state index in [1.165, 1.54) is 31.5 Å². The molecular weight excluding hydrogens is 222 g/mol. The highest BCUT2D eigenvalue weighted by molar-refractivity contribution is 4.97. The molecule has 0 spiro atoms. The van der Waals surface area contributed by atoms with E-state index in [2.05, 4.69) is 42.0 Å². The van der Waals surface area contributed by atoms with Gasteiger partial charge in [-0.25, -0.2) is 4.98 Å². The van der Waals surface area contributed by atoms with Gasteiger partial charge in [-0.3, -0.25) is 0 Å². The van der Waals surface area contributed by atoms with E-state index in [4.69, 9.17) is 0 Å². The van der Waals surface area contributed by atoms with Crippen molar-refractivity contribution < 1.29 is 0 Å². The zero-order valence-corrected chi connectivity index (χ0v) is 12.0. The molecule has 1 fully saturated rings. The largest absolute Gasteiger partial charge is 0.335 e. The quantitative estimate of drug-likeness (QED) is 0.869. The third-order valence-corrected chi connectivity index (χ3v) is 4.55. The van der Waals surface area contributed by atoms with Crippen LogP contribution in [0.4, 0.5) is 0 Å². The SMILES string of the molecule is CCn1ccnc1CC(NC)C1CCC(C)CC1. The van der Waals surface area contributed by atoms with E-state index in [-0.39, 0.29) is 0 Å². The maximum absolute atomic E-state index is 4.51. The molecule has 1 unspecified atom stereocenters. The molecule has 1 atom stereocenters. The lowest BCUT2D eigenvalue weighted by Gasteiger charge is -2.32. The van der Waals surface area contributed by atoms with Crippen LogP contribution in [0.3, 0.4) is 0 Å². The topological polar surface area (TPSA) is 29.9 Å². The number of nitrogens with one attached hydrogen (secondary N) is 1. The molecule has 0 aliphatic heterocycles. The lowest BCUT2D eigenvalue weighted by molar-refractivity contribution is 0.233. The minimum atomic E-state index is 0.588. The molecule has 1 heterocycles. The van der Waals surface area contributed by atoms with Gasteiger partial charge < -0.3 is 9.88 Å². The van der Waals surface area contributed by atoms with Crippen molar-refractivity contribution >= 4 is 0 Å². The molecule has 1 N–H and O–H groups in total. The second kappa shape index (κ2) is 6.37. The number of likely N-dealkylation sites (N-methyl/N-ethyl adjacent to an activating group) is 1. The molecule has 1 aliphatic rings. The number of rotatable bonds is 5. The average Bonchev–Trinajstić information content (AvgIpc) is 2.84. The molecule has 1 saturated carbocycles. The van der Waals surface area contributed by atoms with Gasteiger partial charge in [0, 0.05) is 31.4 Å². The second-order valence-corrected chi connectivity index (χ2v) is 5.75. The van der Waals surface area contributed by atoms with Crippen LogP contribution >= 0.6 is 0 Å². The van der Waals surface area contributed by atoms with E-state index < -0.39 is 0 Å². The van der Waals surface area contributed by atoms with Crippen molar-refractivity contribution in [3.63, 3.8) is 0 Å². The van der Waals surface area contributed by atoms with Gasteiger partial charge in [0.15, 0.2) is 0 Å². The Bertz CT molecular complexity index is 350. The molecule has 2 rings (SSSR count). The van der Waals surface area contributed by atoms with Gasteiger partial charge in [-0.1, -0.05) is 19.8 Å². The Kier molecular flexibility index (Phi) is 4.81. The minimum Gasteiger partial charge on any atom is -0.335 e. The summed E-state index contributed by atoms with van der Waals surface area (Å²) in [5, 5.41) is 3.52. The third kappa shape index (κ3) is 3.14. The third-order valence-electron chi connectivity index (χ3n) is 4.55. The van der Waals surface area contributed by atoms with Crippen molar-refractivity contribution in [1.82, 2.24) is 14.9 Å². The van der Waals surface area contributed by atoms with Gasteiger partial charge in [0.05, 0.1) is 0 Å². The van der Waals surface area contributed by atoms with Crippen molar-refractivity contribution in [2.75, 3.05) is 7.05 Å². The molecule has 0 amide bonds. The van der Waals surface area contributed by atoms with Crippen molar-refractivity contribution in [3.8, 4) is 0 Å². The predicted molar refractivity (Wildman–Crippen MR) is 75.6 cm³/mol. The van der Waals surface area contributed by atoms with Crippen LogP contribution in [0.1, 0.15) is 45.4 Å². The Balaban J connectivity index is 1.97. The molecule has 1 aliphatic carbocycles. The van der Waals surface area contributed by atoms with Crippen LogP contribution < -0.4 is 5.32 Å². The first-order valence-electron chi connectivity index (χ1n) is 7.41. The minimum absolute atomic E-state index is 0.588. The Morgan fingerprint density at radius 1 is 1.39 bits per heavy atom. The van der Waals surface area contributed by atoms with Gasteiger partial charge in [0.25, 0.3) is 0 Å². The van der Waals surface area contributed by atoms with Crippen molar-refractivity contribution in [3.05, 3.63) is 18.2 Å². The van der Waals surface area contributed by atoms with Crippen molar-refractivity contribution in [1.29, 1.82) is 0 Å². The molecule has 18 heavy (non-hydrogen) atoms. The van der Waals surface area contributed by atoms with Crippen LogP contribution in [0.5, 0.6) is 0 Å². The molecule has 0 saturated heterocycles. The summed E-state index contributed by atoms with van der Waals surface area (Å²) in [6, 6.07) is 0.588. The summed E-state index contributed by atoms with van der Waals surface area (Å²) in [4.78, 5) is 4.51.